The number of ether oxygens (including phenoxy) is 2. The summed E-state index contributed by atoms with van der Waals surface area (Å²) in [5.74, 6) is 3.24. The molecule has 6 aliphatic rings. The van der Waals surface area contributed by atoms with Gasteiger partial charge in [-0.05, 0) is 107 Å². The molecule has 1 spiro atoms. The molecule has 0 aliphatic carbocycles. The lowest BCUT2D eigenvalue weighted by Crippen LogP contribution is -2.62. The van der Waals surface area contributed by atoms with E-state index in [0.29, 0.717) is 56.7 Å². The molecule has 5 atom stereocenters. The number of nitrogens with one attached hydrogen (secondary N) is 2. The molecule has 6 aliphatic heterocycles. The lowest BCUT2D eigenvalue weighted by Gasteiger charge is -2.36. The summed E-state index contributed by atoms with van der Waals surface area (Å²) in [6, 6.07) is 4.10. The quantitative estimate of drug-likeness (QED) is 0.171. The van der Waals surface area contributed by atoms with E-state index in [2.05, 4.69) is 83.0 Å². The van der Waals surface area contributed by atoms with Crippen molar-refractivity contribution >= 4 is 57.5 Å². The highest BCUT2D eigenvalue weighted by molar-refractivity contribution is 7.10. The van der Waals surface area contributed by atoms with Crippen molar-refractivity contribution in [2.75, 3.05) is 78.0 Å². The molecule has 10 rings (SSSR count). The second kappa shape index (κ2) is 20.7. The highest BCUT2D eigenvalue weighted by atomic mass is 32.1. The van der Waals surface area contributed by atoms with Crippen LogP contribution in [0.2, 0.25) is 0 Å². The Morgan fingerprint density at radius 3 is 2.54 bits per heavy atom. The fraction of sp³-hybridized carbons (Fsp3) is 0.589. The van der Waals surface area contributed by atoms with Crippen molar-refractivity contribution < 1.29 is 33.4 Å². The number of fused-ring (bicyclic) bond motifs is 6. The molecule has 0 unspecified atom stereocenters. The number of carbonyl (C=O) groups is 5. The Morgan fingerprint density at radius 2 is 1.78 bits per heavy atom. The summed E-state index contributed by atoms with van der Waals surface area (Å²) in [7, 11) is 3.89. The smallest absolute Gasteiger partial charge is 0.324 e. The minimum absolute atomic E-state index is 0.0902. The average Bonchev–Trinajstić information content (AvgIpc) is 4.19. The van der Waals surface area contributed by atoms with E-state index in [-0.39, 0.29) is 43.4 Å². The molecule has 18 heteroatoms. The van der Waals surface area contributed by atoms with E-state index in [1.165, 1.54) is 27.4 Å². The Morgan fingerprint density at radius 1 is 1.00 bits per heavy atom. The summed E-state index contributed by atoms with van der Waals surface area (Å²) >= 11 is 1.44. The van der Waals surface area contributed by atoms with Gasteiger partial charge in [-0.25, -0.2) is 10.4 Å². The molecular weight excluding hydrogens is 957 g/mol. The molecule has 0 saturated carbocycles. The van der Waals surface area contributed by atoms with Crippen LogP contribution in [-0.2, 0) is 59.3 Å². The van der Waals surface area contributed by atoms with Gasteiger partial charge < -0.3 is 39.0 Å². The number of amides is 4. The van der Waals surface area contributed by atoms with E-state index >= 15 is 0 Å². The van der Waals surface area contributed by atoms with Gasteiger partial charge in [0, 0.05) is 99.7 Å². The molecule has 3 aromatic heterocycles. The highest BCUT2D eigenvalue weighted by Gasteiger charge is 2.54. The first-order valence-electron chi connectivity index (χ1n) is 26.6. The molecule has 17 nitrogen and oxygen atoms in total. The van der Waals surface area contributed by atoms with Gasteiger partial charge >= 0.3 is 5.97 Å². The first-order chi connectivity index (χ1) is 35.5. The van der Waals surface area contributed by atoms with Gasteiger partial charge in [-0.1, -0.05) is 33.6 Å². The highest BCUT2D eigenvalue weighted by Crippen LogP contribution is 2.46. The topological polar surface area (TPSA) is 175 Å². The molecule has 0 radical (unpaired) electrons. The number of methoxy groups -OCH3 is 1. The summed E-state index contributed by atoms with van der Waals surface area (Å²) < 4.78 is 14.8. The minimum Gasteiger partial charge on any atom is -0.464 e. The number of esters is 1. The number of likely N-dealkylation sites (tertiary alicyclic amines) is 2. The fourth-order valence-electron chi connectivity index (χ4n) is 12.3. The second-order valence-corrected chi connectivity index (χ2v) is 23.6. The van der Waals surface area contributed by atoms with E-state index in [1.807, 2.05) is 25.4 Å². The molecule has 6 bridgehead atoms. The Labute approximate surface area is 438 Å². The third kappa shape index (κ3) is 9.81. The van der Waals surface area contributed by atoms with Gasteiger partial charge in [-0.2, -0.15) is 0 Å². The van der Waals surface area contributed by atoms with Crippen molar-refractivity contribution in [2.24, 2.45) is 16.7 Å². The van der Waals surface area contributed by atoms with Crippen molar-refractivity contribution in [1.82, 2.24) is 45.0 Å². The zero-order valence-electron chi connectivity index (χ0n) is 44.3. The predicted octanol–water partition coefficient (Wildman–Crippen LogP) is 5.38. The van der Waals surface area contributed by atoms with Gasteiger partial charge in [0.1, 0.15) is 18.1 Å². The maximum atomic E-state index is 14.9. The largest absolute Gasteiger partial charge is 0.464 e. The van der Waals surface area contributed by atoms with E-state index < -0.39 is 46.7 Å². The number of rotatable bonds is 8. The SMILES string of the molecule is CC#CC(=O)N1CC[C@@]2(CCN([C@H](C(=O)N[C@H]3Cc4nc(cs4)-c4cc5c6c(c4)c(c(-c4cc(N7CCN(C)CC7)cnc4[C@H](C)OC)n6CCC5)CC(C)(C)COC(=O)[C@@H]4CCCN(N4)C3=O)C(C)C)C2=O)C1. The number of hydrazine groups is 1. The number of likely N-dealkylation sites (N-methyl/N-ethyl adjacent to an activating group) is 1. The van der Waals surface area contributed by atoms with Crippen LogP contribution in [0.4, 0.5) is 5.69 Å². The molecule has 4 amide bonds. The number of nitrogens with zero attached hydrogens (tertiary/aromatic N) is 8. The molecular formula is C56H72N10O7S. The van der Waals surface area contributed by atoms with Gasteiger partial charge in [0.2, 0.25) is 11.8 Å². The van der Waals surface area contributed by atoms with Crippen LogP contribution in [0, 0.1) is 28.6 Å². The number of cyclic esters (lactones) is 1. The Balaban J connectivity index is 1.03. The molecule has 1 aromatic carbocycles. The van der Waals surface area contributed by atoms with Gasteiger partial charge in [-0.3, -0.25) is 34.0 Å². The molecule has 394 valence electrons. The van der Waals surface area contributed by atoms with Crippen molar-refractivity contribution in [3.8, 4) is 34.4 Å². The predicted molar refractivity (Wildman–Crippen MR) is 284 cm³/mol. The van der Waals surface area contributed by atoms with Crippen LogP contribution in [0.1, 0.15) is 102 Å². The Hall–Kier alpha value is -5.87. The fourth-order valence-corrected chi connectivity index (χ4v) is 13.2. The monoisotopic (exact) mass is 1030 g/mol. The summed E-state index contributed by atoms with van der Waals surface area (Å²) in [5.41, 5.74) is 11.3. The first-order valence-corrected chi connectivity index (χ1v) is 27.5. The lowest BCUT2D eigenvalue weighted by atomic mass is 9.84. The van der Waals surface area contributed by atoms with Crippen molar-refractivity contribution in [3.63, 3.8) is 0 Å². The van der Waals surface area contributed by atoms with Gasteiger partial charge in [0.25, 0.3) is 11.8 Å². The van der Waals surface area contributed by atoms with E-state index in [1.54, 1.807) is 23.8 Å². The van der Waals surface area contributed by atoms with Crippen LogP contribution < -0.4 is 15.6 Å². The minimum atomic E-state index is -1.08. The van der Waals surface area contributed by atoms with Crippen molar-refractivity contribution in [2.45, 2.75) is 124 Å². The van der Waals surface area contributed by atoms with Crippen molar-refractivity contribution in [3.05, 3.63) is 51.6 Å². The normalized spacial score (nSPS) is 24.3. The Bertz CT molecular complexity index is 2930. The van der Waals surface area contributed by atoms with Crippen LogP contribution in [0.15, 0.2) is 29.8 Å². The third-order valence-corrected chi connectivity index (χ3v) is 17.3. The number of hydrogen-bond acceptors (Lipinski definition) is 13. The number of carbonyl (C=O) groups excluding carboxylic acids is 5. The second-order valence-electron chi connectivity index (χ2n) is 22.6. The zero-order chi connectivity index (χ0) is 52.2. The summed E-state index contributed by atoms with van der Waals surface area (Å²) in [5, 5.41) is 8.38. The van der Waals surface area contributed by atoms with Gasteiger partial charge in [0.05, 0.1) is 57.6 Å². The average molecular weight is 1030 g/mol. The Kier molecular flexibility index (Phi) is 14.4. The number of piperazine rings is 1. The maximum Gasteiger partial charge on any atom is 0.324 e. The summed E-state index contributed by atoms with van der Waals surface area (Å²) in [6.45, 7) is 17.8. The maximum absolute atomic E-state index is 14.9. The summed E-state index contributed by atoms with van der Waals surface area (Å²) in [4.78, 5) is 89.4. The van der Waals surface area contributed by atoms with Crippen LogP contribution >= 0.6 is 11.3 Å². The lowest BCUT2D eigenvalue weighted by molar-refractivity contribution is -0.155. The van der Waals surface area contributed by atoms with E-state index in [0.717, 1.165) is 90.4 Å². The van der Waals surface area contributed by atoms with Gasteiger partial charge in [0.15, 0.2) is 0 Å². The molecule has 74 heavy (non-hydrogen) atoms. The number of pyridine rings is 1. The number of anilines is 1. The molecule has 2 N–H and O–H groups in total. The summed E-state index contributed by atoms with van der Waals surface area (Å²) in [6.07, 6.45) is 6.27. The molecule has 9 heterocycles. The van der Waals surface area contributed by atoms with Crippen LogP contribution in [0.3, 0.4) is 0 Å². The van der Waals surface area contributed by atoms with Crippen molar-refractivity contribution in [1.29, 1.82) is 0 Å². The standard InChI is InChI=1S/C56H72N10O7S/c1-9-12-46(67)63-19-15-56(32-63)16-20-65(54(56)71)48(34(2)3)51(68)59-43-28-45-58-44(31-74-45)37-25-36-13-10-17-64-49(36)39(26-37)41(29-55(5,6)33-73-53(70)42-14-11-18-66(60-42)52(43)69)50(64)40-27-38(30-57-47(40)35(4)72-8)62-23-21-61(7)22-24-62/h25-27,30-31,34-35,42-43,48,60H,10-11,13-24,28-29,32-33H2,1-8H3,(H,59,68)/t35-,42-,43-,48-,56+/m0/s1. The molecule has 4 fully saturated rings. The van der Waals surface area contributed by atoms with Crippen LogP contribution in [0.5, 0.6) is 0 Å². The zero-order valence-corrected chi connectivity index (χ0v) is 45.2. The third-order valence-electron chi connectivity index (χ3n) is 16.4. The molecule has 4 saturated heterocycles. The number of aryl methyl sites for hydroxylation is 2. The van der Waals surface area contributed by atoms with E-state index in [4.69, 9.17) is 19.4 Å². The van der Waals surface area contributed by atoms with Gasteiger partial charge in [-0.15, -0.1) is 11.3 Å². The number of aromatic nitrogens is 3. The van der Waals surface area contributed by atoms with E-state index in [9.17, 15) is 24.0 Å². The number of hydrogen-bond donors (Lipinski definition) is 2. The van der Waals surface area contributed by atoms with Crippen LogP contribution in [0.25, 0.3) is 33.4 Å². The number of thiazole rings is 1. The number of benzene rings is 1. The first kappa shape index (κ1) is 51.6. The van der Waals surface area contributed by atoms with Crippen LogP contribution in [-0.4, -0.2) is 155 Å². The molecule has 4 aromatic rings.